The molecule has 0 radical (unpaired) electrons. The van der Waals surface area contributed by atoms with Crippen LogP contribution in [-0.2, 0) is 19.5 Å². The highest BCUT2D eigenvalue weighted by Gasteiger charge is 2.27. The molecule has 1 aliphatic rings. The van der Waals surface area contributed by atoms with Crippen LogP contribution >= 0.6 is 0 Å². The average molecular weight is 369 g/mol. The molecule has 0 saturated heterocycles. The lowest BCUT2D eigenvalue weighted by Gasteiger charge is -2.17. The Labute approximate surface area is 159 Å². The maximum Gasteiger partial charge on any atom is 0.287 e. The van der Waals surface area contributed by atoms with Gasteiger partial charge in [-0.05, 0) is 38.9 Å². The lowest BCUT2D eigenvalue weighted by atomic mass is 10.1. The number of nitrogens with zero attached hydrogens (tertiary/aromatic N) is 3. The second-order valence-electron chi connectivity index (χ2n) is 7.07. The third-order valence-corrected chi connectivity index (χ3v) is 4.68. The predicted molar refractivity (Wildman–Crippen MR) is 104 cm³/mol. The number of benzene rings is 1. The monoisotopic (exact) mass is 369 g/mol. The molecular formula is C20H27N5O2. The summed E-state index contributed by atoms with van der Waals surface area (Å²) in [6, 6.07) is 9.75. The van der Waals surface area contributed by atoms with Crippen molar-refractivity contribution in [2.24, 2.45) is 0 Å². The van der Waals surface area contributed by atoms with Crippen LogP contribution in [-0.4, -0.2) is 53.5 Å². The van der Waals surface area contributed by atoms with Crippen LogP contribution in [0.5, 0.6) is 0 Å². The third-order valence-electron chi connectivity index (χ3n) is 4.68. The van der Waals surface area contributed by atoms with Gasteiger partial charge >= 0.3 is 0 Å². The molecule has 0 fully saturated rings. The Morgan fingerprint density at radius 1 is 1.11 bits per heavy atom. The molecule has 2 N–H and O–H groups in total. The number of hydrogen-bond acceptors (Lipinski definition) is 4. The summed E-state index contributed by atoms with van der Waals surface area (Å²) >= 11 is 0. The molecule has 7 heteroatoms. The van der Waals surface area contributed by atoms with E-state index in [1.54, 1.807) is 0 Å². The number of rotatable bonds is 7. The molecule has 7 nitrogen and oxygen atoms in total. The third kappa shape index (κ3) is 4.74. The lowest BCUT2D eigenvalue weighted by Crippen LogP contribution is -2.32. The molecule has 27 heavy (non-hydrogen) atoms. The van der Waals surface area contributed by atoms with Crippen LogP contribution in [0.1, 0.15) is 45.2 Å². The Morgan fingerprint density at radius 3 is 2.63 bits per heavy atom. The molecule has 0 saturated carbocycles. The van der Waals surface area contributed by atoms with Crippen LogP contribution in [0.15, 0.2) is 30.3 Å². The Hall–Kier alpha value is -2.67. The molecule has 2 amide bonds. The number of hydrogen-bond donors (Lipinski definition) is 2. The number of aromatic nitrogens is 2. The molecule has 1 aromatic heterocycles. The van der Waals surface area contributed by atoms with Gasteiger partial charge in [0.2, 0.25) is 0 Å². The number of nitrogens with one attached hydrogen (secondary N) is 2. The van der Waals surface area contributed by atoms with Gasteiger partial charge in [0.15, 0.2) is 5.82 Å². The van der Waals surface area contributed by atoms with E-state index in [0.29, 0.717) is 24.6 Å². The van der Waals surface area contributed by atoms with Crippen molar-refractivity contribution in [1.29, 1.82) is 0 Å². The largest absolute Gasteiger partial charge is 0.349 e. The van der Waals surface area contributed by atoms with Gasteiger partial charge < -0.3 is 20.1 Å². The number of likely N-dealkylation sites (N-methyl/N-ethyl adjacent to an activating group) is 1. The maximum absolute atomic E-state index is 12.7. The van der Waals surface area contributed by atoms with E-state index >= 15 is 0 Å². The van der Waals surface area contributed by atoms with Crippen LogP contribution in [0.2, 0.25) is 0 Å². The Kier molecular flexibility index (Phi) is 6.24. The number of carbonyl (C=O) groups excluding carboxylic acids is 2. The molecule has 0 bridgehead atoms. The first-order valence-corrected chi connectivity index (χ1v) is 9.40. The van der Waals surface area contributed by atoms with Gasteiger partial charge in [0, 0.05) is 26.2 Å². The van der Waals surface area contributed by atoms with E-state index in [1.807, 2.05) is 53.9 Å². The zero-order valence-corrected chi connectivity index (χ0v) is 16.0. The topological polar surface area (TPSA) is 79.3 Å². The number of fused-ring (bicyclic) bond motifs is 1. The summed E-state index contributed by atoms with van der Waals surface area (Å²) in [5, 5.41) is 5.82. The molecule has 0 unspecified atom stereocenters. The quantitative estimate of drug-likeness (QED) is 0.774. The van der Waals surface area contributed by atoms with E-state index in [0.717, 1.165) is 43.6 Å². The smallest absolute Gasteiger partial charge is 0.287 e. The Bertz CT molecular complexity index is 798. The average Bonchev–Trinajstić information content (AvgIpc) is 3.06. The summed E-state index contributed by atoms with van der Waals surface area (Å²) in [5.74, 6) is -0.114. The van der Waals surface area contributed by atoms with Gasteiger partial charge in [-0.1, -0.05) is 30.3 Å². The summed E-state index contributed by atoms with van der Waals surface area (Å²) in [5.41, 5.74) is 2.28. The van der Waals surface area contributed by atoms with Crippen LogP contribution in [0.4, 0.5) is 0 Å². The fraction of sp³-hybridized carbons (Fsp3) is 0.450. The van der Waals surface area contributed by atoms with E-state index in [-0.39, 0.29) is 11.8 Å². The fourth-order valence-corrected chi connectivity index (χ4v) is 3.23. The van der Waals surface area contributed by atoms with Crippen LogP contribution in [0, 0.1) is 0 Å². The molecule has 2 heterocycles. The van der Waals surface area contributed by atoms with E-state index < -0.39 is 0 Å². The fourth-order valence-electron chi connectivity index (χ4n) is 3.23. The van der Waals surface area contributed by atoms with Crippen molar-refractivity contribution in [3.8, 4) is 0 Å². The van der Waals surface area contributed by atoms with Crippen molar-refractivity contribution in [3.05, 3.63) is 53.1 Å². The molecule has 0 atom stereocenters. The zero-order valence-electron chi connectivity index (χ0n) is 16.0. The molecule has 3 rings (SSSR count). The highest BCUT2D eigenvalue weighted by molar-refractivity contribution is 5.97. The molecule has 2 aromatic rings. The summed E-state index contributed by atoms with van der Waals surface area (Å²) < 4.78 is 1.91. The van der Waals surface area contributed by atoms with Gasteiger partial charge in [-0.15, -0.1) is 0 Å². The van der Waals surface area contributed by atoms with Crippen molar-refractivity contribution >= 4 is 11.8 Å². The predicted octanol–water partition coefficient (Wildman–Crippen LogP) is 1.44. The SMILES string of the molecule is CN(C)CCNC(=O)c1nc(C(=O)NCc2ccccc2)n2c1CCCC2. The van der Waals surface area contributed by atoms with Gasteiger partial charge in [0.25, 0.3) is 11.8 Å². The molecular weight excluding hydrogens is 342 g/mol. The minimum atomic E-state index is -0.241. The highest BCUT2D eigenvalue weighted by atomic mass is 16.2. The van der Waals surface area contributed by atoms with Gasteiger partial charge in [0.05, 0.1) is 5.69 Å². The van der Waals surface area contributed by atoms with Gasteiger partial charge in [-0.3, -0.25) is 9.59 Å². The minimum absolute atomic E-state index is 0.204. The Balaban J connectivity index is 1.74. The second-order valence-corrected chi connectivity index (χ2v) is 7.07. The highest BCUT2D eigenvalue weighted by Crippen LogP contribution is 2.21. The number of carbonyl (C=O) groups is 2. The molecule has 0 aliphatic carbocycles. The van der Waals surface area contributed by atoms with Crippen molar-refractivity contribution in [1.82, 2.24) is 25.1 Å². The summed E-state index contributed by atoms with van der Waals surface area (Å²) in [6.45, 7) is 2.47. The number of amides is 2. The second kappa shape index (κ2) is 8.81. The van der Waals surface area contributed by atoms with E-state index in [1.165, 1.54) is 0 Å². The van der Waals surface area contributed by atoms with E-state index in [2.05, 4.69) is 15.6 Å². The molecule has 0 spiro atoms. The van der Waals surface area contributed by atoms with Crippen molar-refractivity contribution in [2.75, 3.05) is 27.2 Å². The summed E-state index contributed by atoms with van der Waals surface area (Å²) in [7, 11) is 3.92. The maximum atomic E-state index is 12.7. The van der Waals surface area contributed by atoms with Crippen molar-refractivity contribution < 1.29 is 9.59 Å². The van der Waals surface area contributed by atoms with E-state index in [9.17, 15) is 9.59 Å². The van der Waals surface area contributed by atoms with Crippen LogP contribution < -0.4 is 10.6 Å². The molecule has 144 valence electrons. The first-order chi connectivity index (χ1) is 13.1. The zero-order chi connectivity index (χ0) is 19.2. The van der Waals surface area contributed by atoms with Crippen LogP contribution in [0.3, 0.4) is 0 Å². The standard InChI is InChI=1S/C20H27N5O2/c1-24(2)13-11-21-19(26)17-16-10-6-7-12-25(16)18(23-17)20(27)22-14-15-8-4-3-5-9-15/h3-5,8-9H,6-7,10-14H2,1-2H3,(H,21,26)(H,22,27). The number of imidazole rings is 1. The summed E-state index contributed by atoms with van der Waals surface area (Å²) in [6.07, 6.45) is 2.77. The normalized spacial score (nSPS) is 13.3. The molecule has 1 aliphatic heterocycles. The van der Waals surface area contributed by atoms with Crippen LogP contribution in [0.25, 0.3) is 0 Å². The van der Waals surface area contributed by atoms with E-state index in [4.69, 9.17) is 0 Å². The minimum Gasteiger partial charge on any atom is -0.349 e. The first-order valence-electron chi connectivity index (χ1n) is 9.40. The van der Waals surface area contributed by atoms with Gasteiger partial charge in [-0.2, -0.15) is 0 Å². The Morgan fingerprint density at radius 2 is 1.89 bits per heavy atom. The van der Waals surface area contributed by atoms with Crippen molar-refractivity contribution in [3.63, 3.8) is 0 Å². The molecule has 1 aromatic carbocycles. The summed E-state index contributed by atoms with van der Waals surface area (Å²) in [4.78, 5) is 31.7. The van der Waals surface area contributed by atoms with Gasteiger partial charge in [0.1, 0.15) is 5.69 Å². The first kappa shape index (κ1) is 19.1. The van der Waals surface area contributed by atoms with Crippen molar-refractivity contribution in [2.45, 2.75) is 32.4 Å². The lowest BCUT2D eigenvalue weighted by molar-refractivity contribution is 0.0935. The van der Waals surface area contributed by atoms with Gasteiger partial charge in [-0.25, -0.2) is 4.98 Å².